The molecule has 2 aromatic rings. The number of anilines is 1. The Bertz CT molecular complexity index is 774. The first kappa shape index (κ1) is 16.9. The van der Waals surface area contributed by atoms with Gasteiger partial charge in [0.1, 0.15) is 0 Å². The first-order valence-electron chi connectivity index (χ1n) is 7.71. The van der Waals surface area contributed by atoms with Gasteiger partial charge in [-0.25, -0.2) is 8.78 Å². The number of aryl methyl sites for hydroxylation is 1. The summed E-state index contributed by atoms with van der Waals surface area (Å²) in [7, 11) is 0. The molecule has 2 aromatic carbocycles. The standard InChI is InChI=1S/C18H17BrF2N2O/c1-12-2-4-14(11-15(12)19)22-6-8-23(9-7-22)18(24)13-3-5-16(20)17(21)10-13/h2-5,10-11H,6-9H2,1H3. The molecule has 0 bridgehead atoms. The van der Waals surface area contributed by atoms with Gasteiger partial charge in [0.15, 0.2) is 11.6 Å². The smallest absolute Gasteiger partial charge is 0.254 e. The zero-order valence-corrected chi connectivity index (χ0v) is 14.8. The number of hydrogen-bond donors (Lipinski definition) is 0. The van der Waals surface area contributed by atoms with Crippen molar-refractivity contribution in [2.45, 2.75) is 6.92 Å². The quantitative estimate of drug-likeness (QED) is 0.768. The number of rotatable bonds is 2. The first-order valence-corrected chi connectivity index (χ1v) is 8.50. The molecule has 0 N–H and O–H groups in total. The fourth-order valence-corrected chi connectivity index (χ4v) is 3.12. The molecule has 24 heavy (non-hydrogen) atoms. The molecule has 1 fully saturated rings. The summed E-state index contributed by atoms with van der Waals surface area (Å²) in [5.74, 6) is -2.20. The van der Waals surface area contributed by atoms with Crippen LogP contribution in [0.1, 0.15) is 15.9 Å². The van der Waals surface area contributed by atoms with E-state index in [1.165, 1.54) is 11.6 Å². The molecule has 1 heterocycles. The van der Waals surface area contributed by atoms with Crippen LogP contribution in [0.15, 0.2) is 40.9 Å². The Labute approximate surface area is 148 Å². The normalized spacial score (nSPS) is 14.8. The van der Waals surface area contributed by atoms with Crippen molar-refractivity contribution in [2.75, 3.05) is 31.1 Å². The van der Waals surface area contributed by atoms with Gasteiger partial charge in [0.25, 0.3) is 5.91 Å². The summed E-state index contributed by atoms with van der Waals surface area (Å²) in [4.78, 5) is 16.3. The third kappa shape index (κ3) is 3.43. The zero-order valence-electron chi connectivity index (χ0n) is 13.2. The van der Waals surface area contributed by atoms with Gasteiger partial charge in [-0.15, -0.1) is 0 Å². The van der Waals surface area contributed by atoms with Crippen LogP contribution >= 0.6 is 15.9 Å². The largest absolute Gasteiger partial charge is 0.368 e. The van der Waals surface area contributed by atoms with Crippen molar-refractivity contribution < 1.29 is 13.6 Å². The van der Waals surface area contributed by atoms with Gasteiger partial charge in [-0.1, -0.05) is 22.0 Å². The SMILES string of the molecule is Cc1ccc(N2CCN(C(=O)c3ccc(F)c(F)c3)CC2)cc1Br. The van der Waals surface area contributed by atoms with Crippen LogP contribution in [0.5, 0.6) is 0 Å². The Morgan fingerprint density at radius 3 is 2.33 bits per heavy atom. The molecule has 0 atom stereocenters. The third-order valence-electron chi connectivity index (χ3n) is 4.25. The van der Waals surface area contributed by atoms with Gasteiger partial charge >= 0.3 is 0 Å². The zero-order chi connectivity index (χ0) is 17.3. The van der Waals surface area contributed by atoms with Crippen LogP contribution in [0.4, 0.5) is 14.5 Å². The van der Waals surface area contributed by atoms with Crippen LogP contribution in [0.25, 0.3) is 0 Å². The molecule has 1 saturated heterocycles. The predicted octanol–water partition coefficient (Wildman–Crippen LogP) is 4.00. The topological polar surface area (TPSA) is 23.6 Å². The maximum absolute atomic E-state index is 13.3. The Hall–Kier alpha value is -1.95. The number of hydrogen-bond acceptors (Lipinski definition) is 2. The number of carbonyl (C=O) groups is 1. The molecule has 1 aliphatic heterocycles. The van der Waals surface area contributed by atoms with Crippen molar-refractivity contribution in [3.05, 3.63) is 63.6 Å². The number of halogens is 3. The Morgan fingerprint density at radius 2 is 1.71 bits per heavy atom. The molecule has 0 aromatic heterocycles. The highest BCUT2D eigenvalue weighted by Gasteiger charge is 2.23. The van der Waals surface area contributed by atoms with Crippen LogP contribution in [0.3, 0.4) is 0 Å². The lowest BCUT2D eigenvalue weighted by Gasteiger charge is -2.36. The summed E-state index contributed by atoms with van der Waals surface area (Å²) in [5, 5.41) is 0. The summed E-state index contributed by atoms with van der Waals surface area (Å²) in [5.41, 5.74) is 2.46. The molecular formula is C18H17BrF2N2O. The fourth-order valence-electron chi connectivity index (χ4n) is 2.76. The number of amides is 1. The van der Waals surface area contributed by atoms with E-state index < -0.39 is 11.6 Å². The van der Waals surface area contributed by atoms with Crippen LogP contribution in [0, 0.1) is 18.6 Å². The highest BCUT2D eigenvalue weighted by atomic mass is 79.9. The minimum absolute atomic E-state index is 0.181. The minimum atomic E-state index is -0.996. The van der Waals surface area contributed by atoms with Crippen LogP contribution < -0.4 is 4.90 Å². The van der Waals surface area contributed by atoms with E-state index in [0.29, 0.717) is 26.2 Å². The Balaban J connectivity index is 1.66. The molecule has 6 heteroatoms. The summed E-state index contributed by atoms with van der Waals surface area (Å²) >= 11 is 3.53. The van der Waals surface area contributed by atoms with Crippen LogP contribution in [-0.4, -0.2) is 37.0 Å². The molecule has 0 radical (unpaired) electrons. The maximum atomic E-state index is 13.3. The van der Waals surface area contributed by atoms with E-state index in [1.54, 1.807) is 4.90 Å². The summed E-state index contributed by atoms with van der Waals surface area (Å²) in [6.07, 6.45) is 0. The van der Waals surface area contributed by atoms with Crippen molar-refractivity contribution in [3.8, 4) is 0 Å². The second kappa shape index (κ2) is 6.89. The predicted molar refractivity (Wildman–Crippen MR) is 93.4 cm³/mol. The molecule has 3 rings (SSSR count). The van der Waals surface area contributed by atoms with Gasteiger partial charge in [0.2, 0.25) is 0 Å². The van der Waals surface area contributed by atoms with Gasteiger partial charge in [-0.2, -0.15) is 0 Å². The lowest BCUT2D eigenvalue weighted by atomic mass is 10.1. The van der Waals surface area contributed by atoms with Gasteiger partial charge in [0, 0.05) is 41.9 Å². The molecule has 0 unspecified atom stereocenters. The molecule has 1 aliphatic rings. The minimum Gasteiger partial charge on any atom is -0.368 e. The summed E-state index contributed by atoms with van der Waals surface area (Å²) in [6, 6.07) is 9.46. The monoisotopic (exact) mass is 394 g/mol. The van der Waals surface area contributed by atoms with E-state index in [1.807, 2.05) is 6.92 Å². The molecule has 126 valence electrons. The molecule has 1 amide bonds. The lowest BCUT2D eigenvalue weighted by Crippen LogP contribution is -2.48. The van der Waals surface area contributed by atoms with Crippen molar-refractivity contribution in [1.82, 2.24) is 4.90 Å². The van der Waals surface area contributed by atoms with E-state index in [4.69, 9.17) is 0 Å². The second-order valence-corrected chi connectivity index (χ2v) is 6.70. The van der Waals surface area contributed by atoms with Gasteiger partial charge in [-0.05, 0) is 42.8 Å². The van der Waals surface area contributed by atoms with Gasteiger partial charge in [0.05, 0.1) is 0 Å². The van der Waals surface area contributed by atoms with Gasteiger partial charge < -0.3 is 9.80 Å². The van der Waals surface area contributed by atoms with E-state index in [-0.39, 0.29) is 11.5 Å². The Kier molecular flexibility index (Phi) is 4.85. The van der Waals surface area contributed by atoms with Crippen molar-refractivity contribution >= 4 is 27.5 Å². The molecular weight excluding hydrogens is 378 g/mol. The second-order valence-electron chi connectivity index (χ2n) is 5.84. The third-order valence-corrected chi connectivity index (χ3v) is 5.11. The number of carbonyl (C=O) groups excluding carboxylic acids is 1. The highest BCUT2D eigenvalue weighted by Crippen LogP contribution is 2.24. The molecule has 0 saturated carbocycles. The average Bonchev–Trinajstić information content (AvgIpc) is 2.59. The highest BCUT2D eigenvalue weighted by molar-refractivity contribution is 9.10. The molecule has 0 aliphatic carbocycles. The van der Waals surface area contributed by atoms with E-state index in [0.717, 1.165) is 22.3 Å². The van der Waals surface area contributed by atoms with Crippen LogP contribution in [-0.2, 0) is 0 Å². The van der Waals surface area contributed by atoms with E-state index in [9.17, 15) is 13.6 Å². The number of nitrogens with zero attached hydrogens (tertiary/aromatic N) is 2. The van der Waals surface area contributed by atoms with Crippen molar-refractivity contribution in [1.29, 1.82) is 0 Å². The van der Waals surface area contributed by atoms with Crippen molar-refractivity contribution in [3.63, 3.8) is 0 Å². The first-order chi connectivity index (χ1) is 11.5. The number of benzene rings is 2. The van der Waals surface area contributed by atoms with Crippen molar-refractivity contribution in [2.24, 2.45) is 0 Å². The van der Waals surface area contributed by atoms with Crippen LogP contribution in [0.2, 0.25) is 0 Å². The van der Waals surface area contributed by atoms with E-state index in [2.05, 4.69) is 39.0 Å². The van der Waals surface area contributed by atoms with Gasteiger partial charge in [-0.3, -0.25) is 4.79 Å². The number of piperazine rings is 1. The molecule has 0 spiro atoms. The van der Waals surface area contributed by atoms with E-state index >= 15 is 0 Å². The molecule has 3 nitrogen and oxygen atoms in total. The average molecular weight is 395 g/mol. The lowest BCUT2D eigenvalue weighted by molar-refractivity contribution is 0.0746. The summed E-state index contributed by atoms with van der Waals surface area (Å²) in [6.45, 7) is 4.52. The summed E-state index contributed by atoms with van der Waals surface area (Å²) < 4.78 is 27.4. The fraction of sp³-hybridized carbons (Fsp3) is 0.278. The maximum Gasteiger partial charge on any atom is 0.254 e. The Morgan fingerprint density at radius 1 is 1.00 bits per heavy atom.